The first-order valence-corrected chi connectivity index (χ1v) is 14.5. The number of imidazole rings is 1. The summed E-state index contributed by atoms with van der Waals surface area (Å²) in [4.78, 5) is 63.7. The Labute approximate surface area is 249 Å². The molecule has 4 heterocycles. The fourth-order valence-electron chi connectivity index (χ4n) is 6.23. The summed E-state index contributed by atoms with van der Waals surface area (Å²) in [5.74, 6) is -1.69. The number of piperidine rings is 1. The number of anilines is 1. The second-order valence-corrected chi connectivity index (χ2v) is 11.4. The monoisotopic (exact) mass is 581 g/mol. The van der Waals surface area contributed by atoms with Crippen LogP contribution < -0.4 is 5.32 Å². The Balaban J connectivity index is 1.30. The quantitative estimate of drug-likeness (QED) is 0.304. The number of rotatable bonds is 9. The molecule has 0 unspecified atom stereocenters. The molecule has 0 aliphatic carbocycles. The summed E-state index contributed by atoms with van der Waals surface area (Å²) in [5, 5.41) is 4.11. The molecule has 2 aliphatic heterocycles. The predicted molar refractivity (Wildman–Crippen MR) is 161 cm³/mol. The highest BCUT2D eigenvalue weighted by atomic mass is 16.2. The fourth-order valence-corrected chi connectivity index (χ4v) is 6.23. The minimum Gasteiger partial charge on any atom is -0.351 e. The molecule has 2 aromatic carbocycles. The van der Waals surface area contributed by atoms with E-state index in [1.165, 1.54) is 0 Å². The van der Waals surface area contributed by atoms with E-state index in [1.54, 1.807) is 41.7 Å². The minimum atomic E-state index is -1.16. The lowest BCUT2D eigenvalue weighted by atomic mass is 9.84. The molecule has 0 bridgehead atoms. The number of aryl methyl sites for hydroxylation is 2. The number of nitrogens with one attached hydrogen (secondary N) is 1. The molecular formula is C32H35N7O4. The summed E-state index contributed by atoms with van der Waals surface area (Å²) in [6, 6.07) is 14.3. The van der Waals surface area contributed by atoms with Crippen molar-refractivity contribution in [3.63, 3.8) is 0 Å². The largest absolute Gasteiger partial charge is 0.351 e. The maximum Gasteiger partial charge on any atom is 0.262 e. The van der Waals surface area contributed by atoms with Gasteiger partial charge in [0.25, 0.3) is 11.8 Å². The van der Waals surface area contributed by atoms with Crippen molar-refractivity contribution in [1.82, 2.24) is 28.8 Å². The second-order valence-electron chi connectivity index (χ2n) is 11.4. The number of hydrogen-bond donors (Lipinski definition) is 1. The summed E-state index contributed by atoms with van der Waals surface area (Å²) in [5.41, 5.74) is 1.10. The molecule has 4 aromatic rings. The van der Waals surface area contributed by atoms with Crippen LogP contribution in [-0.4, -0.2) is 91.2 Å². The number of fused-ring (bicyclic) bond motifs is 2. The molecule has 0 atom stereocenters. The van der Waals surface area contributed by atoms with Gasteiger partial charge < -0.3 is 24.3 Å². The number of aromatic nitrogens is 3. The van der Waals surface area contributed by atoms with Gasteiger partial charge in [0, 0.05) is 68.4 Å². The molecule has 4 amide bonds. The molecule has 0 radical (unpaired) electrons. The Bertz CT molecular complexity index is 1650. The van der Waals surface area contributed by atoms with Gasteiger partial charge in [-0.05, 0) is 62.7 Å². The minimum absolute atomic E-state index is 0.269. The van der Waals surface area contributed by atoms with Gasteiger partial charge in [0.1, 0.15) is 12.1 Å². The lowest BCUT2D eigenvalue weighted by molar-refractivity contribution is -0.149. The highest BCUT2D eigenvalue weighted by Gasteiger charge is 2.49. The highest BCUT2D eigenvalue weighted by molar-refractivity contribution is 6.22. The summed E-state index contributed by atoms with van der Waals surface area (Å²) in [7, 11) is 3.96. The molecule has 1 N–H and O–H groups in total. The van der Waals surface area contributed by atoms with E-state index in [-0.39, 0.29) is 23.6 Å². The number of imide groups is 1. The Morgan fingerprint density at radius 3 is 2.37 bits per heavy atom. The van der Waals surface area contributed by atoms with Crippen LogP contribution in [0.3, 0.4) is 0 Å². The van der Waals surface area contributed by atoms with Gasteiger partial charge in [0.2, 0.25) is 11.8 Å². The molecule has 43 heavy (non-hydrogen) atoms. The number of carbonyl (C=O) groups is 4. The molecule has 6 rings (SSSR count). The highest BCUT2D eigenvalue weighted by Crippen LogP contribution is 2.33. The van der Waals surface area contributed by atoms with Crippen molar-refractivity contribution < 1.29 is 19.2 Å². The van der Waals surface area contributed by atoms with E-state index in [2.05, 4.69) is 15.2 Å². The molecule has 11 heteroatoms. The zero-order valence-corrected chi connectivity index (χ0v) is 24.4. The molecule has 11 nitrogen and oxygen atoms in total. The van der Waals surface area contributed by atoms with Crippen molar-refractivity contribution in [3.05, 3.63) is 84.6 Å². The van der Waals surface area contributed by atoms with Crippen LogP contribution in [0, 0.1) is 0 Å². The summed E-state index contributed by atoms with van der Waals surface area (Å²) < 4.78 is 3.93. The summed E-state index contributed by atoms with van der Waals surface area (Å²) in [6.07, 6.45) is 8.62. The van der Waals surface area contributed by atoms with Crippen LogP contribution in [-0.2, 0) is 23.2 Å². The maximum atomic E-state index is 14.3. The third-order valence-corrected chi connectivity index (χ3v) is 8.73. The molecule has 0 spiro atoms. The summed E-state index contributed by atoms with van der Waals surface area (Å²) in [6.45, 7) is 1.67. The van der Waals surface area contributed by atoms with E-state index in [1.807, 2.05) is 59.9 Å². The van der Waals surface area contributed by atoms with Crippen LogP contribution in [0.5, 0.6) is 0 Å². The standard InChI is InChI=1S/C32H35N7O4/c1-35-17-11-32(12-18-35,31(43)34-24-8-9-27-23(20-24)10-16-36(27)2)39(15-5-14-37-19-13-33-22-37)28(40)21-38-29(41)25-6-3-4-7-26(25)30(38)42/h3-4,6-10,13,16,19-20,22H,5,11-12,14-15,17-18,21H2,1-2H3,(H,34,43). The van der Waals surface area contributed by atoms with Crippen LogP contribution >= 0.6 is 0 Å². The van der Waals surface area contributed by atoms with Gasteiger partial charge >= 0.3 is 0 Å². The van der Waals surface area contributed by atoms with E-state index in [4.69, 9.17) is 0 Å². The van der Waals surface area contributed by atoms with E-state index in [9.17, 15) is 19.2 Å². The van der Waals surface area contributed by atoms with Crippen molar-refractivity contribution in [1.29, 1.82) is 0 Å². The van der Waals surface area contributed by atoms with Gasteiger partial charge in [-0.15, -0.1) is 0 Å². The van der Waals surface area contributed by atoms with Crippen molar-refractivity contribution in [3.8, 4) is 0 Å². The molecule has 1 saturated heterocycles. The smallest absolute Gasteiger partial charge is 0.262 e. The van der Waals surface area contributed by atoms with E-state index in [0.29, 0.717) is 44.6 Å². The third kappa shape index (κ3) is 5.32. The first-order valence-electron chi connectivity index (χ1n) is 14.5. The van der Waals surface area contributed by atoms with Crippen molar-refractivity contribution in [2.75, 3.05) is 38.5 Å². The Morgan fingerprint density at radius 1 is 0.977 bits per heavy atom. The molecular weight excluding hydrogens is 546 g/mol. The van der Waals surface area contributed by atoms with Crippen molar-refractivity contribution >= 4 is 40.2 Å². The van der Waals surface area contributed by atoms with Crippen LogP contribution in [0.15, 0.2) is 73.4 Å². The van der Waals surface area contributed by atoms with E-state index >= 15 is 0 Å². The molecule has 222 valence electrons. The van der Waals surface area contributed by atoms with Gasteiger partial charge in [0.15, 0.2) is 0 Å². The van der Waals surface area contributed by atoms with Crippen molar-refractivity contribution in [2.45, 2.75) is 31.3 Å². The number of benzene rings is 2. The Morgan fingerprint density at radius 2 is 1.70 bits per heavy atom. The SMILES string of the molecule is CN1CCC(C(=O)Nc2ccc3c(ccn3C)c2)(N(CCCn2ccnc2)C(=O)CN2C(=O)c3ccccc3C2=O)CC1. The van der Waals surface area contributed by atoms with Gasteiger partial charge in [-0.3, -0.25) is 24.1 Å². The third-order valence-electron chi connectivity index (χ3n) is 8.73. The zero-order valence-electron chi connectivity index (χ0n) is 24.4. The van der Waals surface area contributed by atoms with E-state index < -0.39 is 29.8 Å². The van der Waals surface area contributed by atoms with Crippen LogP contribution in [0.2, 0.25) is 0 Å². The first-order chi connectivity index (χ1) is 20.8. The molecule has 1 fully saturated rings. The second kappa shape index (κ2) is 11.5. The topological polar surface area (TPSA) is 113 Å². The van der Waals surface area contributed by atoms with Gasteiger partial charge in [-0.1, -0.05) is 12.1 Å². The van der Waals surface area contributed by atoms with Crippen LogP contribution in [0.4, 0.5) is 5.69 Å². The number of nitrogens with zero attached hydrogens (tertiary/aromatic N) is 6. The Kier molecular flexibility index (Phi) is 7.57. The fraction of sp³-hybridized carbons (Fsp3) is 0.344. The molecule has 2 aliphatic rings. The first kappa shape index (κ1) is 28.4. The number of likely N-dealkylation sites (tertiary alicyclic amines) is 1. The van der Waals surface area contributed by atoms with Crippen LogP contribution in [0.1, 0.15) is 40.0 Å². The lowest BCUT2D eigenvalue weighted by Crippen LogP contribution is -2.64. The Hall–Kier alpha value is -4.77. The predicted octanol–water partition coefficient (Wildman–Crippen LogP) is 2.99. The van der Waals surface area contributed by atoms with Crippen LogP contribution in [0.25, 0.3) is 10.9 Å². The molecule has 0 saturated carbocycles. The van der Waals surface area contributed by atoms with Gasteiger partial charge in [0.05, 0.1) is 17.5 Å². The number of hydrogen-bond acceptors (Lipinski definition) is 6. The average molecular weight is 582 g/mol. The van der Waals surface area contributed by atoms with Crippen molar-refractivity contribution in [2.24, 2.45) is 7.05 Å². The summed E-state index contributed by atoms with van der Waals surface area (Å²) >= 11 is 0. The normalized spacial score (nSPS) is 16.5. The molecule has 2 aromatic heterocycles. The number of amides is 4. The van der Waals surface area contributed by atoms with E-state index in [0.717, 1.165) is 15.8 Å². The van der Waals surface area contributed by atoms with Gasteiger partial charge in [-0.25, -0.2) is 4.98 Å². The number of carbonyl (C=O) groups excluding carboxylic acids is 4. The maximum absolute atomic E-state index is 14.3. The van der Waals surface area contributed by atoms with Gasteiger partial charge in [-0.2, -0.15) is 0 Å². The lowest BCUT2D eigenvalue weighted by Gasteiger charge is -2.47. The average Bonchev–Trinajstić information content (AvgIpc) is 3.72. The zero-order chi connectivity index (χ0) is 30.1.